The number of benzene rings is 3. The standard InChI is InChI=1S/C29H22N6O/c1-3-25(24-15-19(18-30)7-9-26(24)31-2)34-22-6-4-5-20(16-22)29-35-27-10-8-23(17-28(27)36-29)33-21-11-13-32-14-12-21/h3-17,34H,2H2,1H3,(H,32,33)/b25-3+. The third-order valence-electron chi connectivity index (χ3n) is 5.62. The van der Waals surface area contributed by atoms with Gasteiger partial charge < -0.3 is 15.1 Å². The Balaban J connectivity index is 1.42. The lowest BCUT2D eigenvalue weighted by molar-refractivity contribution is 0.620. The predicted molar refractivity (Wildman–Crippen MR) is 145 cm³/mol. The van der Waals surface area contributed by atoms with Gasteiger partial charge in [0.25, 0.3) is 0 Å². The summed E-state index contributed by atoms with van der Waals surface area (Å²) in [5.41, 5.74) is 7.85. The van der Waals surface area contributed by atoms with Gasteiger partial charge in [-0.25, -0.2) is 4.98 Å². The summed E-state index contributed by atoms with van der Waals surface area (Å²) in [7, 11) is 0. The van der Waals surface area contributed by atoms with Gasteiger partial charge in [-0.15, -0.1) is 0 Å². The zero-order valence-electron chi connectivity index (χ0n) is 19.6. The van der Waals surface area contributed by atoms with Crippen LogP contribution in [0.5, 0.6) is 0 Å². The number of fused-ring (bicyclic) bond motifs is 1. The van der Waals surface area contributed by atoms with E-state index in [0.717, 1.165) is 39.4 Å². The molecule has 0 radical (unpaired) electrons. The molecule has 2 N–H and O–H groups in total. The van der Waals surface area contributed by atoms with Crippen LogP contribution in [0, 0.1) is 11.3 Å². The molecule has 174 valence electrons. The molecule has 0 spiro atoms. The average molecular weight is 471 g/mol. The zero-order chi connectivity index (χ0) is 24.9. The lowest BCUT2D eigenvalue weighted by Gasteiger charge is -2.14. The highest BCUT2D eigenvalue weighted by molar-refractivity contribution is 5.85. The molecule has 7 nitrogen and oxygen atoms in total. The second-order valence-corrected chi connectivity index (χ2v) is 7.97. The maximum absolute atomic E-state index is 9.32. The lowest BCUT2D eigenvalue weighted by Crippen LogP contribution is -2.00. The zero-order valence-corrected chi connectivity index (χ0v) is 19.6. The number of allylic oxidation sites excluding steroid dienone is 1. The predicted octanol–water partition coefficient (Wildman–Crippen LogP) is 7.31. The van der Waals surface area contributed by atoms with Crippen LogP contribution in [0.15, 0.2) is 101 Å². The Morgan fingerprint density at radius 3 is 2.64 bits per heavy atom. The lowest BCUT2D eigenvalue weighted by atomic mass is 10.1. The quantitative estimate of drug-likeness (QED) is 0.242. The van der Waals surface area contributed by atoms with Gasteiger partial charge in [-0.3, -0.25) is 9.98 Å². The first-order chi connectivity index (χ1) is 17.7. The molecule has 0 unspecified atom stereocenters. The minimum absolute atomic E-state index is 0.525. The first kappa shape index (κ1) is 22.6. The average Bonchev–Trinajstić information content (AvgIpc) is 3.36. The number of nitrogens with one attached hydrogen (secondary N) is 2. The number of hydrogen-bond donors (Lipinski definition) is 2. The molecule has 0 bridgehead atoms. The van der Waals surface area contributed by atoms with Crippen LogP contribution in [-0.2, 0) is 0 Å². The van der Waals surface area contributed by atoms with Crippen molar-refractivity contribution in [1.29, 1.82) is 5.26 Å². The van der Waals surface area contributed by atoms with E-state index in [-0.39, 0.29) is 0 Å². The molecule has 0 aliphatic rings. The molecule has 0 saturated carbocycles. The highest BCUT2D eigenvalue weighted by Crippen LogP contribution is 2.32. The SMILES string of the molecule is C=Nc1ccc(C#N)cc1/C(=C\C)Nc1cccc(-c2nc3ccc(Nc4ccncc4)cc3o2)c1. The third-order valence-corrected chi connectivity index (χ3v) is 5.62. The number of pyridine rings is 1. The molecule has 0 fully saturated rings. The van der Waals surface area contributed by atoms with E-state index in [4.69, 9.17) is 4.42 Å². The molecule has 7 heteroatoms. The van der Waals surface area contributed by atoms with Crippen LogP contribution < -0.4 is 10.6 Å². The first-order valence-electron chi connectivity index (χ1n) is 11.3. The van der Waals surface area contributed by atoms with E-state index in [1.807, 2.05) is 67.6 Å². The van der Waals surface area contributed by atoms with Crippen LogP contribution in [0.2, 0.25) is 0 Å². The summed E-state index contributed by atoms with van der Waals surface area (Å²) in [6.07, 6.45) is 5.42. The van der Waals surface area contributed by atoms with Crippen LogP contribution in [0.25, 0.3) is 28.3 Å². The Bertz CT molecular complexity index is 1630. The minimum atomic E-state index is 0.525. The van der Waals surface area contributed by atoms with Crippen molar-refractivity contribution in [3.63, 3.8) is 0 Å². The highest BCUT2D eigenvalue weighted by atomic mass is 16.3. The molecule has 2 heterocycles. The summed E-state index contributed by atoms with van der Waals surface area (Å²) in [6, 6.07) is 24.9. The number of oxazole rings is 1. The Morgan fingerprint density at radius 1 is 1.00 bits per heavy atom. The van der Waals surface area contributed by atoms with Crippen molar-refractivity contribution in [3.05, 3.63) is 102 Å². The minimum Gasteiger partial charge on any atom is -0.436 e. The Kier molecular flexibility index (Phi) is 6.24. The number of aliphatic imine (C=N–C) groups is 1. The second-order valence-electron chi connectivity index (χ2n) is 7.97. The largest absolute Gasteiger partial charge is 0.436 e. The topological polar surface area (TPSA) is 99.1 Å². The van der Waals surface area contributed by atoms with Gasteiger partial charge in [0.05, 0.1) is 17.3 Å². The first-order valence-corrected chi connectivity index (χ1v) is 11.3. The number of rotatable bonds is 7. The summed E-state index contributed by atoms with van der Waals surface area (Å²) in [4.78, 5) is 12.8. The van der Waals surface area contributed by atoms with Gasteiger partial charge >= 0.3 is 0 Å². The van der Waals surface area contributed by atoms with E-state index in [0.29, 0.717) is 22.7 Å². The fraction of sp³-hybridized carbons (Fsp3) is 0.0345. The Morgan fingerprint density at radius 2 is 1.86 bits per heavy atom. The second kappa shape index (κ2) is 9.95. The maximum atomic E-state index is 9.32. The van der Waals surface area contributed by atoms with Gasteiger partial charge in [0, 0.05) is 52.3 Å². The number of nitrogens with zero attached hydrogens (tertiary/aromatic N) is 4. The van der Waals surface area contributed by atoms with Crippen molar-refractivity contribution in [2.75, 3.05) is 10.6 Å². The molecule has 36 heavy (non-hydrogen) atoms. The van der Waals surface area contributed by atoms with E-state index < -0.39 is 0 Å². The summed E-state index contributed by atoms with van der Waals surface area (Å²) in [5.74, 6) is 0.525. The van der Waals surface area contributed by atoms with Crippen LogP contribution in [0.4, 0.5) is 22.7 Å². The van der Waals surface area contributed by atoms with Gasteiger partial charge in [-0.1, -0.05) is 12.1 Å². The van der Waals surface area contributed by atoms with E-state index in [9.17, 15) is 5.26 Å². The Labute approximate surface area is 208 Å². The summed E-state index contributed by atoms with van der Waals surface area (Å²) in [5, 5.41) is 16.1. The van der Waals surface area contributed by atoms with Gasteiger partial charge in [-0.05, 0) is 74.3 Å². The van der Waals surface area contributed by atoms with Gasteiger partial charge in [0.15, 0.2) is 5.58 Å². The van der Waals surface area contributed by atoms with Crippen molar-refractivity contribution in [1.82, 2.24) is 9.97 Å². The molecule has 5 aromatic rings. The van der Waals surface area contributed by atoms with Gasteiger partial charge in [-0.2, -0.15) is 5.26 Å². The summed E-state index contributed by atoms with van der Waals surface area (Å²) in [6.45, 7) is 5.59. The fourth-order valence-electron chi connectivity index (χ4n) is 3.87. The van der Waals surface area contributed by atoms with Crippen molar-refractivity contribution >= 4 is 46.3 Å². The van der Waals surface area contributed by atoms with Crippen LogP contribution in [0.3, 0.4) is 0 Å². The van der Waals surface area contributed by atoms with E-state index in [1.54, 1.807) is 30.6 Å². The number of anilines is 3. The summed E-state index contributed by atoms with van der Waals surface area (Å²) >= 11 is 0. The van der Waals surface area contributed by atoms with Crippen LogP contribution in [-0.4, -0.2) is 16.7 Å². The van der Waals surface area contributed by atoms with Gasteiger partial charge in [0.1, 0.15) is 5.52 Å². The van der Waals surface area contributed by atoms with Gasteiger partial charge in [0.2, 0.25) is 5.89 Å². The highest BCUT2D eigenvalue weighted by Gasteiger charge is 2.12. The monoisotopic (exact) mass is 470 g/mol. The molecule has 0 atom stereocenters. The number of nitriles is 1. The third kappa shape index (κ3) is 4.69. The van der Waals surface area contributed by atoms with E-state index in [1.165, 1.54) is 0 Å². The van der Waals surface area contributed by atoms with Crippen molar-refractivity contribution in [2.45, 2.75) is 6.92 Å². The van der Waals surface area contributed by atoms with E-state index >= 15 is 0 Å². The molecule has 5 rings (SSSR count). The molecule has 0 aliphatic heterocycles. The summed E-state index contributed by atoms with van der Waals surface area (Å²) < 4.78 is 6.11. The number of aromatic nitrogens is 2. The molecule has 0 aliphatic carbocycles. The maximum Gasteiger partial charge on any atom is 0.227 e. The molecular weight excluding hydrogens is 448 g/mol. The van der Waals surface area contributed by atoms with Crippen LogP contribution in [0.1, 0.15) is 18.1 Å². The Hall–Kier alpha value is -5.22. The fourth-order valence-corrected chi connectivity index (χ4v) is 3.87. The van der Waals surface area contributed by atoms with E-state index in [2.05, 4.69) is 38.4 Å². The molecule has 3 aromatic carbocycles. The van der Waals surface area contributed by atoms with Crippen molar-refractivity contribution < 1.29 is 4.42 Å². The van der Waals surface area contributed by atoms with Crippen molar-refractivity contribution in [2.24, 2.45) is 4.99 Å². The molecule has 2 aromatic heterocycles. The molecule has 0 amide bonds. The normalized spacial score (nSPS) is 11.2. The molecular formula is C29H22N6O. The molecule has 0 saturated heterocycles. The number of hydrogen-bond acceptors (Lipinski definition) is 7. The van der Waals surface area contributed by atoms with Crippen LogP contribution >= 0.6 is 0 Å². The van der Waals surface area contributed by atoms with Crippen molar-refractivity contribution in [3.8, 4) is 17.5 Å². The smallest absolute Gasteiger partial charge is 0.227 e.